The fraction of sp³-hybridized carbons (Fsp3) is 0.0714. The number of aliphatic imine (C=N–C) groups is 1. The molecule has 0 saturated carbocycles. The molecule has 1 aliphatic heterocycles. The molecular formula is C14H11NO. The molecule has 1 aliphatic rings. The minimum Gasteiger partial charge on any atom is -0.462 e. The number of allylic oxidation sites excluding steroid dienone is 1. The molecule has 0 fully saturated rings. The smallest absolute Gasteiger partial charge is 0.127 e. The number of hydrogen-bond donors (Lipinski definition) is 0. The van der Waals surface area contributed by atoms with E-state index in [4.69, 9.17) is 4.42 Å². The number of para-hydroxylation sites is 1. The number of aryl methyl sites for hydroxylation is 1. The predicted octanol–water partition coefficient (Wildman–Crippen LogP) is 3.84. The quantitative estimate of drug-likeness (QED) is 0.700. The summed E-state index contributed by atoms with van der Waals surface area (Å²) in [5.41, 5.74) is 3.29. The van der Waals surface area contributed by atoms with Gasteiger partial charge in [0.2, 0.25) is 0 Å². The lowest BCUT2D eigenvalue weighted by Gasteiger charge is -1.97. The van der Waals surface area contributed by atoms with Crippen molar-refractivity contribution in [3.8, 4) is 0 Å². The van der Waals surface area contributed by atoms with Crippen LogP contribution in [0.2, 0.25) is 0 Å². The maximum Gasteiger partial charge on any atom is 0.127 e. The third-order valence-electron chi connectivity index (χ3n) is 2.62. The molecule has 0 atom stereocenters. The summed E-state index contributed by atoms with van der Waals surface area (Å²) in [6.45, 7) is 1.94. The van der Waals surface area contributed by atoms with Crippen molar-refractivity contribution in [1.29, 1.82) is 0 Å². The highest BCUT2D eigenvalue weighted by Crippen LogP contribution is 2.32. The van der Waals surface area contributed by atoms with Crippen LogP contribution in [0.25, 0.3) is 11.6 Å². The number of benzene rings is 1. The lowest BCUT2D eigenvalue weighted by molar-refractivity contribution is 0.525. The van der Waals surface area contributed by atoms with Crippen LogP contribution >= 0.6 is 0 Å². The molecule has 2 aromatic rings. The third kappa shape index (κ3) is 1.48. The van der Waals surface area contributed by atoms with Crippen molar-refractivity contribution >= 4 is 23.6 Å². The van der Waals surface area contributed by atoms with Gasteiger partial charge in [0.1, 0.15) is 11.5 Å². The second kappa shape index (κ2) is 3.49. The number of rotatable bonds is 1. The molecule has 0 saturated heterocycles. The van der Waals surface area contributed by atoms with Gasteiger partial charge in [0, 0.05) is 17.4 Å². The Labute approximate surface area is 93.9 Å². The van der Waals surface area contributed by atoms with Gasteiger partial charge in [-0.3, -0.25) is 4.99 Å². The average molecular weight is 209 g/mol. The molecule has 1 aromatic heterocycles. The summed E-state index contributed by atoms with van der Waals surface area (Å²) in [5, 5.41) is 0. The van der Waals surface area contributed by atoms with E-state index in [-0.39, 0.29) is 0 Å². The van der Waals surface area contributed by atoms with Gasteiger partial charge in [-0.2, -0.15) is 0 Å². The third-order valence-corrected chi connectivity index (χ3v) is 2.62. The molecule has 0 N–H and O–H groups in total. The van der Waals surface area contributed by atoms with E-state index >= 15 is 0 Å². The van der Waals surface area contributed by atoms with E-state index in [1.54, 1.807) is 0 Å². The van der Waals surface area contributed by atoms with E-state index in [2.05, 4.69) is 11.1 Å². The summed E-state index contributed by atoms with van der Waals surface area (Å²) in [5.74, 6) is 1.80. The molecule has 3 rings (SSSR count). The van der Waals surface area contributed by atoms with Crippen molar-refractivity contribution in [1.82, 2.24) is 0 Å². The molecule has 16 heavy (non-hydrogen) atoms. The van der Waals surface area contributed by atoms with Crippen molar-refractivity contribution in [3.05, 3.63) is 53.5 Å². The second-order valence-electron chi connectivity index (χ2n) is 3.82. The maximum atomic E-state index is 5.52. The summed E-state index contributed by atoms with van der Waals surface area (Å²) >= 11 is 0. The summed E-state index contributed by atoms with van der Waals surface area (Å²) in [4.78, 5) is 4.35. The summed E-state index contributed by atoms with van der Waals surface area (Å²) < 4.78 is 5.52. The van der Waals surface area contributed by atoms with Gasteiger partial charge in [-0.05, 0) is 31.2 Å². The van der Waals surface area contributed by atoms with E-state index < -0.39 is 0 Å². The predicted molar refractivity (Wildman–Crippen MR) is 65.9 cm³/mol. The molecule has 1 aromatic carbocycles. The van der Waals surface area contributed by atoms with Gasteiger partial charge < -0.3 is 4.42 Å². The van der Waals surface area contributed by atoms with E-state index in [0.717, 1.165) is 28.3 Å². The lowest BCUT2D eigenvalue weighted by atomic mass is 10.1. The maximum absolute atomic E-state index is 5.52. The Kier molecular flexibility index (Phi) is 2.00. The van der Waals surface area contributed by atoms with Crippen LogP contribution in [0.5, 0.6) is 0 Å². The van der Waals surface area contributed by atoms with Crippen LogP contribution in [0.15, 0.2) is 45.8 Å². The molecule has 0 amide bonds. The molecule has 0 aliphatic carbocycles. The second-order valence-corrected chi connectivity index (χ2v) is 3.82. The normalized spacial score (nSPS) is 15.7. The Balaban J connectivity index is 2.05. The summed E-state index contributed by atoms with van der Waals surface area (Å²) in [7, 11) is 0. The molecule has 2 heterocycles. The monoisotopic (exact) mass is 209 g/mol. The van der Waals surface area contributed by atoms with Crippen molar-refractivity contribution in [3.63, 3.8) is 0 Å². The van der Waals surface area contributed by atoms with Crippen molar-refractivity contribution in [2.24, 2.45) is 4.99 Å². The van der Waals surface area contributed by atoms with E-state index in [9.17, 15) is 0 Å². The zero-order valence-corrected chi connectivity index (χ0v) is 8.97. The van der Waals surface area contributed by atoms with Crippen LogP contribution in [0, 0.1) is 6.92 Å². The van der Waals surface area contributed by atoms with E-state index in [1.807, 2.05) is 49.5 Å². The topological polar surface area (TPSA) is 25.5 Å². The summed E-state index contributed by atoms with van der Waals surface area (Å²) in [6, 6.07) is 12.0. The highest BCUT2D eigenvalue weighted by atomic mass is 16.3. The first-order valence-corrected chi connectivity index (χ1v) is 5.24. The molecule has 0 unspecified atom stereocenters. The number of fused-ring (bicyclic) bond motifs is 1. The molecule has 0 bridgehead atoms. The molecule has 78 valence electrons. The molecule has 0 spiro atoms. The SMILES string of the molecule is Cc1ccc(C=C2C=Nc3ccccc32)o1. The standard InChI is InChI=1S/C14H11NO/c1-10-6-7-12(16-10)8-11-9-15-14-5-3-2-4-13(11)14/h2-9H,1H3. The Morgan fingerprint density at radius 3 is 2.81 bits per heavy atom. The van der Waals surface area contributed by atoms with Crippen molar-refractivity contribution in [2.75, 3.05) is 0 Å². The highest BCUT2D eigenvalue weighted by Gasteiger charge is 2.11. The molecule has 2 nitrogen and oxygen atoms in total. The van der Waals surface area contributed by atoms with Gasteiger partial charge in [-0.1, -0.05) is 18.2 Å². The van der Waals surface area contributed by atoms with Crippen LogP contribution in [-0.4, -0.2) is 6.21 Å². The van der Waals surface area contributed by atoms with E-state index in [1.165, 1.54) is 0 Å². The first kappa shape index (κ1) is 9.16. The molecule has 2 heteroatoms. The highest BCUT2D eigenvalue weighted by molar-refractivity contribution is 6.21. The zero-order valence-electron chi connectivity index (χ0n) is 8.97. The lowest BCUT2D eigenvalue weighted by Crippen LogP contribution is -1.78. The largest absolute Gasteiger partial charge is 0.462 e. The zero-order chi connectivity index (χ0) is 11.0. The first-order chi connectivity index (χ1) is 7.83. The van der Waals surface area contributed by atoms with Crippen LogP contribution in [0.4, 0.5) is 5.69 Å². The average Bonchev–Trinajstić information content (AvgIpc) is 2.87. The van der Waals surface area contributed by atoms with E-state index in [0.29, 0.717) is 0 Å². The Morgan fingerprint density at radius 2 is 2.00 bits per heavy atom. The van der Waals surface area contributed by atoms with Gasteiger partial charge >= 0.3 is 0 Å². The van der Waals surface area contributed by atoms with Crippen molar-refractivity contribution < 1.29 is 4.42 Å². The Morgan fingerprint density at radius 1 is 1.12 bits per heavy atom. The Bertz CT molecular complexity index is 590. The van der Waals surface area contributed by atoms with Crippen LogP contribution in [0.3, 0.4) is 0 Å². The first-order valence-electron chi connectivity index (χ1n) is 5.24. The van der Waals surface area contributed by atoms with Crippen LogP contribution in [0.1, 0.15) is 17.1 Å². The number of furan rings is 1. The van der Waals surface area contributed by atoms with Gasteiger partial charge in [0.25, 0.3) is 0 Å². The number of nitrogens with zero attached hydrogens (tertiary/aromatic N) is 1. The molecular weight excluding hydrogens is 198 g/mol. The fourth-order valence-corrected chi connectivity index (χ4v) is 1.84. The van der Waals surface area contributed by atoms with Gasteiger partial charge in [-0.25, -0.2) is 0 Å². The van der Waals surface area contributed by atoms with Gasteiger partial charge in [0.15, 0.2) is 0 Å². The van der Waals surface area contributed by atoms with Crippen molar-refractivity contribution in [2.45, 2.75) is 6.92 Å². The molecule has 0 radical (unpaired) electrons. The van der Waals surface area contributed by atoms with Gasteiger partial charge in [-0.15, -0.1) is 0 Å². The fourth-order valence-electron chi connectivity index (χ4n) is 1.84. The minimum atomic E-state index is 0.871. The summed E-state index contributed by atoms with van der Waals surface area (Å²) in [6.07, 6.45) is 3.89. The Hall–Kier alpha value is -2.09. The van der Waals surface area contributed by atoms with Gasteiger partial charge in [0.05, 0.1) is 5.69 Å². The minimum absolute atomic E-state index is 0.871. The van der Waals surface area contributed by atoms with Crippen LogP contribution in [-0.2, 0) is 0 Å². The number of hydrogen-bond acceptors (Lipinski definition) is 2. The van der Waals surface area contributed by atoms with Crippen LogP contribution < -0.4 is 0 Å².